The van der Waals surface area contributed by atoms with Crippen molar-refractivity contribution in [3.05, 3.63) is 41.6 Å². The molecule has 0 fully saturated rings. The van der Waals surface area contributed by atoms with Crippen LogP contribution in [-0.2, 0) is 6.42 Å². The molecule has 2 heterocycles. The van der Waals surface area contributed by atoms with Crippen LogP contribution in [0.2, 0.25) is 0 Å². The lowest BCUT2D eigenvalue weighted by atomic mass is 10.2. The minimum absolute atomic E-state index is 0.0660. The highest BCUT2D eigenvalue weighted by Crippen LogP contribution is 2.39. The molecular weight excluding hydrogens is 380 g/mol. The van der Waals surface area contributed by atoms with E-state index < -0.39 is 0 Å². The SMILES string of the molecule is ClC(Cc1cccs1)c1cc(Br)c(Br)s1. The van der Waals surface area contributed by atoms with Gasteiger partial charge >= 0.3 is 0 Å². The van der Waals surface area contributed by atoms with Crippen LogP contribution < -0.4 is 0 Å². The number of thiophene rings is 2. The van der Waals surface area contributed by atoms with Crippen molar-refractivity contribution in [2.45, 2.75) is 11.8 Å². The van der Waals surface area contributed by atoms with Gasteiger partial charge in [0.1, 0.15) is 0 Å². The quantitative estimate of drug-likeness (QED) is 0.580. The van der Waals surface area contributed by atoms with Crippen molar-refractivity contribution in [2.75, 3.05) is 0 Å². The van der Waals surface area contributed by atoms with Gasteiger partial charge in [-0.1, -0.05) is 6.07 Å². The van der Waals surface area contributed by atoms with Crippen LogP contribution in [0.3, 0.4) is 0 Å². The van der Waals surface area contributed by atoms with E-state index in [9.17, 15) is 0 Å². The van der Waals surface area contributed by atoms with Crippen LogP contribution >= 0.6 is 66.1 Å². The van der Waals surface area contributed by atoms with Gasteiger partial charge in [-0.15, -0.1) is 34.3 Å². The molecule has 2 aromatic rings. The molecule has 0 amide bonds. The Labute approximate surface area is 119 Å². The Morgan fingerprint density at radius 3 is 2.73 bits per heavy atom. The largest absolute Gasteiger partial charge is 0.149 e. The van der Waals surface area contributed by atoms with E-state index in [4.69, 9.17) is 11.6 Å². The summed E-state index contributed by atoms with van der Waals surface area (Å²) in [6.07, 6.45) is 0.901. The van der Waals surface area contributed by atoms with Crippen molar-refractivity contribution < 1.29 is 0 Å². The Bertz CT molecular complexity index is 417. The van der Waals surface area contributed by atoms with Crippen molar-refractivity contribution in [3.8, 4) is 0 Å². The van der Waals surface area contributed by atoms with Gasteiger partial charge in [-0.2, -0.15) is 0 Å². The van der Waals surface area contributed by atoms with Crippen molar-refractivity contribution in [1.29, 1.82) is 0 Å². The highest BCUT2D eigenvalue weighted by molar-refractivity contribution is 9.13. The van der Waals surface area contributed by atoms with Crippen LogP contribution in [0.4, 0.5) is 0 Å². The first-order valence-electron chi connectivity index (χ1n) is 4.28. The van der Waals surface area contributed by atoms with Crippen molar-refractivity contribution in [3.63, 3.8) is 0 Å². The molecule has 0 N–H and O–H groups in total. The van der Waals surface area contributed by atoms with E-state index in [1.54, 1.807) is 22.7 Å². The molecule has 0 saturated carbocycles. The summed E-state index contributed by atoms with van der Waals surface area (Å²) in [5.74, 6) is 0. The summed E-state index contributed by atoms with van der Waals surface area (Å²) in [5, 5.41) is 2.15. The Morgan fingerprint density at radius 2 is 2.20 bits per heavy atom. The van der Waals surface area contributed by atoms with Crippen LogP contribution in [0.5, 0.6) is 0 Å². The third kappa shape index (κ3) is 3.07. The van der Waals surface area contributed by atoms with E-state index in [0.29, 0.717) is 0 Å². The van der Waals surface area contributed by atoms with Gasteiger partial charge in [-0.05, 0) is 49.4 Å². The maximum absolute atomic E-state index is 6.36. The van der Waals surface area contributed by atoms with Crippen LogP contribution in [0.1, 0.15) is 15.1 Å². The second-order valence-corrected chi connectivity index (χ2v) is 7.84. The fourth-order valence-corrected chi connectivity index (χ4v) is 4.50. The molecule has 15 heavy (non-hydrogen) atoms. The van der Waals surface area contributed by atoms with Crippen LogP contribution in [0.25, 0.3) is 0 Å². The van der Waals surface area contributed by atoms with E-state index >= 15 is 0 Å². The standard InChI is InChI=1S/C10H7Br2ClS2/c11-7-5-9(15-10(7)12)8(13)4-6-2-1-3-14-6/h1-3,5,8H,4H2. The molecule has 0 aliphatic carbocycles. The summed E-state index contributed by atoms with van der Waals surface area (Å²) in [6.45, 7) is 0. The van der Waals surface area contributed by atoms with Gasteiger partial charge in [0.05, 0.1) is 9.16 Å². The molecule has 2 aromatic heterocycles. The molecule has 0 radical (unpaired) electrons. The van der Waals surface area contributed by atoms with E-state index in [2.05, 4.69) is 55.4 Å². The molecular formula is C10H7Br2ClS2. The lowest BCUT2D eigenvalue weighted by Crippen LogP contribution is -1.90. The molecule has 0 aromatic carbocycles. The zero-order valence-corrected chi connectivity index (χ0v) is 13.1. The first-order valence-corrected chi connectivity index (χ1v) is 8.00. The zero-order valence-electron chi connectivity index (χ0n) is 7.54. The van der Waals surface area contributed by atoms with Crippen LogP contribution in [0, 0.1) is 0 Å². The molecule has 2 rings (SSSR count). The molecule has 1 atom stereocenters. The average molecular weight is 387 g/mol. The molecule has 0 saturated heterocycles. The van der Waals surface area contributed by atoms with E-state index in [-0.39, 0.29) is 5.38 Å². The maximum Gasteiger partial charge on any atom is 0.0843 e. The highest BCUT2D eigenvalue weighted by Gasteiger charge is 2.14. The number of rotatable bonds is 3. The van der Waals surface area contributed by atoms with Crippen LogP contribution in [0.15, 0.2) is 31.8 Å². The highest BCUT2D eigenvalue weighted by atomic mass is 79.9. The first-order chi connectivity index (χ1) is 7.16. The summed E-state index contributed by atoms with van der Waals surface area (Å²) >= 11 is 16.7. The third-order valence-electron chi connectivity index (χ3n) is 1.93. The average Bonchev–Trinajstić information content (AvgIpc) is 2.78. The smallest absolute Gasteiger partial charge is 0.0843 e. The molecule has 0 spiro atoms. The second kappa shape index (κ2) is 5.32. The Hall–Kier alpha value is 0.650. The van der Waals surface area contributed by atoms with Gasteiger partial charge in [0, 0.05) is 20.6 Å². The number of alkyl halides is 1. The molecule has 1 unspecified atom stereocenters. The van der Waals surface area contributed by atoms with E-state index in [0.717, 1.165) is 14.7 Å². The van der Waals surface area contributed by atoms with E-state index in [1.807, 2.05) is 0 Å². The lowest BCUT2D eigenvalue weighted by molar-refractivity contribution is 0.959. The fourth-order valence-electron chi connectivity index (χ4n) is 1.22. The maximum atomic E-state index is 6.36. The topological polar surface area (TPSA) is 0 Å². The third-order valence-corrected chi connectivity index (χ3v) is 6.72. The Morgan fingerprint density at radius 1 is 1.40 bits per heavy atom. The molecule has 0 aliphatic heterocycles. The second-order valence-electron chi connectivity index (χ2n) is 3.02. The molecule has 0 nitrogen and oxygen atoms in total. The first kappa shape index (κ1) is 12.1. The summed E-state index contributed by atoms with van der Waals surface area (Å²) in [7, 11) is 0. The van der Waals surface area contributed by atoms with E-state index in [1.165, 1.54) is 9.75 Å². The fraction of sp³-hybridized carbons (Fsp3) is 0.200. The van der Waals surface area contributed by atoms with Crippen molar-refractivity contribution in [1.82, 2.24) is 0 Å². The predicted molar refractivity (Wildman–Crippen MR) is 76.3 cm³/mol. The normalized spacial score (nSPS) is 13.0. The Balaban J connectivity index is 2.11. The summed E-state index contributed by atoms with van der Waals surface area (Å²) in [4.78, 5) is 2.53. The molecule has 0 aliphatic rings. The number of hydrogen-bond donors (Lipinski definition) is 0. The summed E-state index contributed by atoms with van der Waals surface area (Å²) in [5.41, 5.74) is 0. The van der Waals surface area contributed by atoms with Gasteiger partial charge in [0.2, 0.25) is 0 Å². The van der Waals surface area contributed by atoms with Gasteiger partial charge in [-0.3, -0.25) is 0 Å². The lowest BCUT2D eigenvalue weighted by Gasteiger charge is -2.04. The van der Waals surface area contributed by atoms with Gasteiger partial charge < -0.3 is 0 Å². The predicted octanol–water partition coefficient (Wildman–Crippen LogP) is 5.86. The van der Waals surface area contributed by atoms with Gasteiger partial charge in [0.25, 0.3) is 0 Å². The number of halogens is 3. The summed E-state index contributed by atoms with van der Waals surface area (Å²) in [6, 6.07) is 6.27. The van der Waals surface area contributed by atoms with Gasteiger partial charge in [0.15, 0.2) is 0 Å². The van der Waals surface area contributed by atoms with Crippen molar-refractivity contribution >= 4 is 66.1 Å². The Kier molecular flexibility index (Phi) is 4.30. The minimum Gasteiger partial charge on any atom is -0.149 e. The molecule has 80 valence electrons. The molecule has 5 heteroatoms. The van der Waals surface area contributed by atoms with Crippen LogP contribution in [-0.4, -0.2) is 0 Å². The molecule has 0 bridgehead atoms. The van der Waals surface area contributed by atoms with Gasteiger partial charge in [-0.25, -0.2) is 0 Å². The van der Waals surface area contributed by atoms with Crippen molar-refractivity contribution in [2.24, 2.45) is 0 Å². The number of hydrogen-bond acceptors (Lipinski definition) is 2. The minimum atomic E-state index is 0.0660. The zero-order chi connectivity index (χ0) is 10.8. The monoisotopic (exact) mass is 384 g/mol. The summed E-state index contributed by atoms with van der Waals surface area (Å²) < 4.78 is 2.19.